The normalized spacial score (nSPS) is 15.5. The first-order valence-electron chi connectivity index (χ1n) is 9.25. The van der Waals surface area contributed by atoms with E-state index in [4.69, 9.17) is 0 Å². The highest BCUT2D eigenvalue weighted by atomic mass is 32.3. The van der Waals surface area contributed by atoms with Crippen LogP contribution in [0.15, 0.2) is 29.2 Å². The van der Waals surface area contributed by atoms with Crippen LogP contribution in [0.1, 0.15) is 61.8 Å². The summed E-state index contributed by atoms with van der Waals surface area (Å²) in [5, 5.41) is 1.98. The van der Waals surface area contributed by atoms with E-state index in [0.717, 1.165) is 0 Å². The van der Waals surface area contributed by atoms with Crippen molar-refractivity contribution in [2.45, 2.75) is 89.6 Å². The van der Waals surface area contributed by atoms with Crippen LogP contribution >= 0.6 is 10.0 Å². The van der Waals surface area contributed by atoms with E-state index in [1.54, 1.807) is 10.1 Å². The minimum atomic E-state index is -1.44. The van der Waals surface area contributed by atoms with Crippen molar-refractivity contribution < 1.29 is 0 Å². The molecule has 0 unspecified atom stereocenters. The molecule has 2 heteroatoms. The Morgan fingerprint density at radius 3 is 1.54 bits per heavy atom. The van der Waals surface area contributed by atoms with Crippen LogP contribution in [-0.2, 0) is 0 Å². The summed E-state index contributed by atoms with van der Waals surface area (Å²) in [5.74, 6) is 0. The number of benzene rings is 1. The predicted octanol–water partition coefficient (Wildman–Crippen LogP) is 7.04. The van der Waals surface area contributed by atoms with Gasteiger partial charge in [-0.1, -0.05) is 97.9 Å². The van der Waals surface area contributed by atoms with E-state index >= 15 is 0 Å². The molecule has 0 saturated carbocycles. The second-order valence-electron chi connectivity index (χ2n) is 11.2. The molecule has 0 aliphatic rings. The van der Waals surface area contributed by atoms with Crippen molar-refractivity contribution in [2.75, 3.05) is 12.5 Å². The SMILES string of the molecule is CC(C)(C)CC(C)(C)S(C)(C)c1ccc([Si](C)(C)C(C)(C)C)cc1. The van der Waals surface area contributed by atoms with E-state index in [1.165, 1.54) is 6.42 Å². The van der Waals surface area contributed by atoms with Crippen molar-refractivity contribution in [1.29, 1.82) is 0 Å². The molecule has 0 N–H and O–H groups in total. The Kier molecular flexibility index (Phi) is 5.91. The maximum absolute atomic E-state index is 2.50. The second-order valence-corrected chi connectivity index (χ2v) is 20.8. The van der Waals surface area contributed by atoms with E-state index in [0.29, 0.717) is 15.2 Å². The van der Waals surface area contributed by atoms with Crippen molar-refractivity contribution in [3.63, 3.8) is 0 Å². The average molecular weight is 367 g/mol. The van der Waals surface area contributed by atoms with Gasteiger partial charge in [0.2, 0.25) is 0 Å². The third-order valence-electron chi connectivity index (χ3n) is 6.38. The van der Waals surface area contributed by atoms with Gasteiger partial charge in [0, 0.05) is 0 Å². The fourth-order valence-corrected chi connectivity index (χ4v) is 7.54. The van der Waals surface area contributed by atoms with Gasteiger partial charge in [0.05, 0.1) is 8.07 Å². The van der Waals surface area contributed by atoms with Gasteiger partial charge >= 0.3 is 0 Å². The smallest absolute Gasteiger partial charge is 0.0859 e. The molecule has 1 aromatic rings. The second kappa shape index (κ2) is 6.50. The Hall–Kier alpha value is -0.213. The Bertz CT molecular complexity index is 551. The summed E-state index contributed by atoms with van der Waals surface area (Å²) in [6, 6.07) is 9.76. The molecule has 0 bridgehead atoms. The van der Waals surface area contributed by atoms with Crippen molar-refractivity contribution >= 4 is 23.3 Å². The molecule has 1 aromatic carbocycles. The highest BCUT2D eigenvalue weighted by Crippen LogP contribution is 2.62. The lowest BCUT2D eigenvalue weighted by Crippen LogP contribution is -2.49. The number of hydrogen-bond acceptors (Lipinski definition) is 0. The van der Waals surface area contributed by atoms with Crippen molar-refractivity contribution in [1.82, 2.24) is 0 Å². The first-order valence-corrected chi connectivity index (χ1v) is 14.7. The van der Waals surface area contributed by atoms with Gasteiger partial charge in [0.25, 0.3) is 0 Å². The summed E-state index contributed by atoms with van der Waals surface area (Å²) in [7, 11) is -2.29. The molecule has 0 amide bonds. The lowest BCUT2D eigenvalue weighted by molar-refractivity contribution is 0.337. The quantitative estimate of drug-likeness (QED) is 0.501. The first-order chi connectivity index (χ1) is 10.4. The van der Waals surface area contributed by atoms with Crippen LogP contribution in [0.25, 0.3) is 0 Å². The Balaban J connectivity index is 3.21. The van der Waals surface area contributed by atoms with Gasteiger partial charge in [0.1, 0.15) is 0 Å². The maximum Gasteiger partial charge on any atom is 0.0859 e. The molecule has 24 heavy (non-hydrogen) atoms. The molecular formula is C22H42SSi. The van der Waals surface area contributed by atoms with Crippen molar-refractivity contribution in [3.05, 3.63) is 24.3 Å². The molecule has 0 fully saturated rings. The monoisotopic (exact) mass is 366 g/mol. The van der Waals surface area contributed by atoms with Gasteiger partial charge in [-0.25, -0.2) is 10.0 Å². The Morgan fingerprint density at radius 1 is 0.792 bits per heavy atom. The third kappa shape index (κ3) is 4.49. The molecular weight excluding hydrogens is 324 g/mol. The largest absolute Gasteiger partial charge is 0.215 e. The highest BCUT2D eigenvalue weighted by Gasteiger charge is 2.39. The fraction of sp³-hybridized carbons (Fsp3) is 0.727. The molecule has 0 spiro atoms. The minimum Gasteiger partial charge on any atom is -0.215 e. The van der Waals surface area contributed by atoms with E-state index in [2.05, 4.69) is 105 Å². The van der Waals surface area contributed by atoms with Crippen LogP contribution in [-0.4, -0.2) is 25.3 Å². The molecule has 140 valence electrons. The molecule has 0 nitrogen and oxygen atoms in total. The van der Waals surface area contributed by atoms with Crippen LogP contribution in [0.2, 0.25) is 18.1 Å². The van der Waals surface area contributed by atoms with Crippen LogP contribution in [0.5, 0.6) is 0 Å². The lowest BCUT2D eigenvalue weighted by atomic mass is 9.86. The molecule has 0 saturated heterocycles. The molecule has 0 radical (unpaired) electrons. The van der Waals surface area contributed by atoms with Crippen molar-refractivity contribution in [2.24, 2.45) is 5.41 Å². The highest BCUT2D eigenvalue weighted by molar-refractivity contribution is 8.33. The van der Waals surface area contributed by atoms with Crippen LogP contribution in [0, 0.1) is 5.41 Å². The zero-order valence-electron chi connectivity index (χ0n) is 18.4. The maximum atomic E-state index is 2.50. The zero-order chi connectivity index (χ0) is 19.2. The van der Waals surface area contributed by atoms with Gasteiger partial charge in [0.15, 0.2) is 0 Å². The summed E-state index contributed by atoms with van der Waals surface area (Å²) in [5.41, 5.74) is 0.370. The summed E-state index contributed by atoms with van der Waals surface area (Å²) < 4.78 is 0.337. The third-order valence-corrected chi connectivity index (χ3v) is 16.3. The van der Waals surface area contributed by atoms with Gasteiger partial charge < -0.3 is 0 Å². The summed E-state index contributed by atoms with van der Waals surface area (Å²) in [4.78, 5) is 1.55. The summed E-state index contributed by atoms with van der Waals surface area (Å²) >= 11 is 0. The molecule has 0 aliphatic carbocycles. The molecule has 0 aromatic heterocycles. The molecule has 1 rings (SSSR count). The Labute approximate surface area is 155 Å². The Morgan fingerprint density at radius 2 is 1.21 bits per heavy atom. The van der Waals surface area contributed by atoms with Gasteiger partial charge in [-0.3, -0.25) is 0 Å². The van der Waals surface area contributed by atoms with Crippen molar-refractivity contribution in [3.8, 4) is 0 Å². The van der Waals surface area contributed by atoms with Crippen LogP contribution in [0.3, 0.4) is 0 Å². The predicted molar refractivity (Wildman–Crippen MR) is 119 cm³/mol. The topological polar surface area (TPSA) is 0 Å². The van der Waals surface area contributed by atoms with Crippen LogP contribution in [0.4, 0.5) is 0 Å². The fourth-order valence-electron chi connectivity index (χ4n) is 3.42. The van der Waals surface area contributed by atoms with Crippen LogP contribution < -0.4 is 5.19 Å². The molecule has 0 heterocycles. The molecule has 0 atom stereocenters. The van der Waals surface area contributed by atoms with E-state index in [-0.39, 0.29) is 0 Å². The summed E-state index contributed by atoms with van der Waals surface area (Å²) in [6.07, 6.45) is 6.26. The van der Waals surface area contributed by atoms with Gasteiger partial charge in [-0.05, 0) is 39.0 Å². The first kappa shape index (κ1) is 21.8. The minimum absolute atomic E-state index is 0.337. The lowest BCUT2D eigenvalue weighted by Gasteiger charge is -2.50. The molecule has 0 aliphatic heterocycles. The van der Waals surface area contributed by atoms with Gasteiger partial charge in [-0.15, -0.1) is 0 Å². The van der Waals surface area contributed by atoms with E-state index in [9.17, 15) is 0 Å². The average Bonchev–Trinajstić information content (AvgIpc) is 2.34. The van der Waals surface area contributed by atoms with E-state index < -0.39 is 18.1 Å². The number of hydrogen-bond donors (Lipinski definition) is 0. The zero-order valence-corrected chi connectivity index (χ0v) is 20.2. The van der Waals surface area contributed by atoms with E-state index in [1.807, 2.05) is 0 Å². The van der Waals surface area contributed by atoms with Gasteiger partial charge in [-0.2, -0.15) is 0 Å². The number of rotatable bonds is 4. The standard InChI is InChI=1S/C22H42SSi/c1-20(2,3)17-22(7,8)23(9,10)18-13-15-19(16-14-18)24(11,12)21(4,5)6/h13-16H,17H2,1-12H3. The summed E-state index contributed by atoms with van der Waals surface area (Å²) in [6.45, 7) is 24.2.